The van der Waals surface area contributed by atoms with Crippen molar-refractivity contribution in [1.29, 1.82) is 0 Å². The molecule has 0 aromatic carbocycles. The lowest BCUT2D eigenvalue weighted by atomic mass is 10.2. The zero-order chi connectivity index (χ0) is 11.4. The maximum atomic E-state index is 8.90. The molecule has 1 rings (SSSR count). The van der Waals surface area contributed by atoms with Gasteiger partial charge in [-0.05, 0) is 13.8 Å². The molecule has 1 atom stereocenters. The van der Waals surface area contributed by atoms with Crippen LogP contribution in [0.4, 0.5) is 0 Å². The zero-order valence-electron chi connectivity index (χ0n) is 9.74. The molecule has 0 saturated carbocycles. The van der Waals surface area contributed by atoms with Gasteiger partial charge in [-0.15, -0.1) is 0 Å². The fourth-order valence-electron chi connectivity index (χ4n) is 1.48. The average molecular weight is 213 g/mol. The first kappa shape index (κ1) is 12.0. The summed E-state index contributed by atoms with van der Waals surface area (Å²) in [4.78, 5) is 0. The molecule has 1 aromatic heterocycles. The molecule has 0 aliphatic heterocycles. The van der Waals surface area contributed by atoms with Crippen molar-refractivity contribution >= 4 is 0 Å². The van der Waals surface area contributed by atoms with Crippen LogP contribution in [0.5, 0.6) is 5.88 Å². The van der Waals surface area contributed by atoms with E-state index in [9.17, 15) is 0 Å². The highest BCUT2D eigenvalue weighted by Gasteiger charge is 2.13. The van der Waals surface area contributed by atoms with E-state index >= 15 is 0 Å². The maximum Gasteiger partial charge on any atom is 0.216 e. The number of methoxy groups -OCH3 is 1. The van der Waals surface area contributed by atoms with E-state index in [1.807, 2.05) is 20.9 Å². The molecule has 0 fully saturated rings. The summed E-state index contributed by atoms with van der Waals surface area (Å²) in [5, 5.41) is 16.4. The van der Waals surface area contributed by atoms with Crippen molar-refractivity contribution in [1.82, 2.24) is 15.1 Å². The molecule has 0 saturated heterocycles. The van der Waals surface area contributed by atoms with E-state index in [2.05, 4.69) is 10.4 Å². The van der Waals surface area contributed by atoms with Crippen LogP contribution in [-0.2, 0) is 13.6 Å². The predicted octanol–water partition coefficient (Wildman–Crippen LogP) is 0.208. The van der Waals surface area contributed by atoms with Crippen molar-refractivity contribution in [3.8, 4) is 5.88 Å². The van der Waals surface area contributed by atoms with Gasteiger partial charge in [0.2, 0.25) is 5.88 Å². The summed E-state index contributed by atoms with van der Waals surface area (Å²) < 4.78 is 6.98. The molecule has 0 amide bonds. The Kier molecular flexibility index (Phi) is 4.11. The van der Waals surface area contributed by atoms with E-state index < -0.39 is 0 Å². The minimum absolute atomic E-state index is 0.0781. The molecule has 0 unspecified atom stereocenters. The van der Waals surface area contributed by atoms with Gasteiger partial charge in [0.15, 0.2) is 0 Å². The van der Waals surface area contributed by atoms with Crippen LogP contribution in [0.1, 0.15) is 18.2 Å². The van der Waals surface area contributed by atoms with E-state index in [1.54, 1.807) is 11.8 Å². The van der Waals surface area contributed by atoms with Crippen molar-refractivity contribution < 1.29 is 9.84 Å². The van der Waals surface area contributed by atoms with Crippen LogP contribution in [0.25, 0.3) is 0 Å². The first-order valence-electron chi connectivity index (χ1n) is 5.00. The second-order valence-electron chi connectivity index (χ2n) is 3.66. The number of aryl methyl sites for hydroxylation is 2. The van der Waals surface area contributed by atoms with Gasteiger partial charge in [-0.25, -0.2) is 4.68 Å². The van der Waals surface area contributed by atoms with Crippen LogP contribution >= 0.6 is 0 Å². The third-order valence-electron chi connectivity index (χ3n) is 2.38. The molecule has 0 bridgehead atoms. The van der Waals surface area contributed by atoms with Crippen molar-refractivity contribution in [3.05, 3.63) is 11.3 Å². The molecule has 86 valence electrons. The summed E-state index contributed by atoms with van der Waals surface area (Å²) >= 11 is 0. The Morgan fingerprint density at radius 2 is 2.27 bits per heavy atom. The number of nitrogens with zero attached hydrogens (tertiary/aromatic N) is 2. The molecular formula is C10H19N3O2. The number of ether oxygens (including phenoxy) is 1. The minimum atomic E-state index is 0.0781. The highest BCUT2D eigenvalue weighted by atomic mass is 16.5. The Morgan fingerprint density at radius 1 is 1.60 bits per heavy atom. The summed E-state index contributed by atoms with van der Waals surface area (Å²) in [7, 11) is 3.49. The molecule has 1 heterocycles. The van der Waals surface area contributed by atoms with E-state index in [-0.39, 0.29) is 12.6 Å². The lowest BCUT2D eigenvalue weighted by Gasteiger charge is -2.11. The average Bonchev–Trinajstić information content (AvgIpc) is 2.49. The SMILES string of the molecule is COc1c(CN[C@@H](C)CO)c(C)nn1C. The van der Waals surface area contributed by atoms with Crippen LogP contribution in [0.15, 0.2) is 0 Å². The predicted molar refractivity (Wildman–Crippen MR) is 57.9 cm³/mol. The Balaban J connectivity index is 2.75. The number of rotatable bonds is 5. The van der Waals surface area contributed by atoms with Crippen LogP contribution in [0, 0.1) is 6.92 Å². The van der Waals surface area contributed by atoms with Crippen molar-refractivity contribution in [2.45, 2.75) is 26.4 Å². The molecule has 2 N–H and O–H groups in total. The van der Waals surface area contributed by atoms with Gasteiger partial charge in [-0.2, -0.15) is 5.10 Å². The van der Waals surface area contributed by atoms with Gasteiger partial charge in [-0.1, -0.05) is 0 Å². The highest BCUT2D eigenvalue weighted by molar-refractivity contribution is 5.30. The molecule has 0 spiro atoms. The first-order chi connectivity index (χ1) is 7.10. The molecule has 0 aliphatic rings. The van der Waals surface area contributed by atoms with Crippen molar-refractivity contribution in [2.24, 2.45) is 7.05 Å². The lowest BCUT2D eigenvalue weighted by Crippen LogP contribution is -2.28. The molecule has 1 aromatic rings. The van der Waals surface area contributed by atoms with E-state index in [0.717, 1.165) is 17.1 Å². The van der Waals surface area contributed by atoms with Gasteiger partial charge in [0.05, 0.1) is 25.0 Å². The standard InChI is InChI=1S/C10H19N3O2/c1-7(6-14)11-5-9-8(2)12-13(3)10(9)15-4/h7,11,14H,5-6H2,1-4H3/t7-/m0/s1. The molecule has 0 aliphatic carbocycles. The van der Waals surface area contributed by atoms with E-state index in [4.69, 9.17) is 9.84 Å². The monoisotopic (exact) mass is 213 g/mol. The normalized spacial score (nSPS) is 12.9. The molecule has 5 heteroatoms. The van der Waals surface area contributed by atoms with Gasteiger partial charge in [0.1, 0.15) is 0 Å². The number of aliphatic hydroxyl groups excluding tert-OH is 1. The van der Waals surface area contributed by atoms with Gasteiger partial charge in [0.25, 0.3) is 0 Å². The quantitative estimate of drug-likeness (QED) is 0.734. The zero-order valence-corrected chi connectivity index (χ0v) is 9.74. The van der Waals surface area contributed by atoms with E-state index in [1.165, 1.54) is 0 Å². The Labute approximate surface area is 90.1 Å². The molecule has 15 heavy (non-hydrogen) atoms. The van der Waals surface area contributed by atoms with Gasteiger partial charge >= 0.3 is 0 Å². The van der Waals surface area contributed by atoms with Crippen molar-refractivity contribution in [2.75, 3.05) is 13.7 Å². The molecule has 0 radical (unpaired) electrons. The number of nitrogens with one attached hydrogen (secondary N) is 1. The lowest BCUT2D eigenvalue weighted by molar-refractivity contribution is 0.250. The summed E-state index contributed by atoms with van der Waals surface area (Å²) in [5.41, 5.74) is 1.99. The second-order valence-corrected chi connectivity index (χ2v) is 3.66. The van der Waals surface area contributed by atoms with Gasteiger partial charge in [0, 0.05) is 19.6 Å². The Hall–Kier alpha value is -1.07. The van der Waals surface area contributed by atoms with Crippen LogP contribution in [0.3, 0.4) is 0 Å². The van der Waals surface area contributed by atoms with Gasteiger partial charge in [-0.3, -0.25) is 0 Å². The topological polar surface area (TPSA) is 59.3 Å². The Bertz CT molecular complexity index is 323. The largest absolute Gasteiger partial charge is 0.481 e. The number of aromatic nitrogens is 2. The fraction of sp³-hybridized carbons (Fsp3) is 0.700. The second kappa shape index (κ2) is 5.14. The minimum Gasteiger partial charge on any atom is -0.481 e. The van der Waals surface area contributed by atoms with Crippen LogP contribution < -0.4 is 10.1 Å². The van der Waals surface area contributed by atoms with E-state index in [0.29, 0.717) is 6.54 Å². The first-order valence-corrected chi connectivity index (χ1v) is 5.00. The summed E-state index contributed by atoms with van der Waals surface area (Å²) in [6.45, 7) is 4.66. The smallest absolute Gasteiger partial charge is 0.216 e. The molecule has 5 nitrogen and oxygen atoms in total. The summed E-state index contributed by atoms with van der Waals surface area (Å²) in [5.74, 6) is 0.769. The van der Waals surface area contributed by atoms with Crippen LogP contribution in [0.2, 0.25) is 0 Å². The molecular weight excluding hydrogens is 194 g/mol. The summed E-state index contributed by atoms with van der Waals surface area (Å²) in [6.07, 6.45) is 0. The summed E-state index contributed by atoms with van der Waals surface area (Å²) in [6, 6.07) is 0.0781. The Morgan fingerprint density at radius 3 is 2.80 bits per heavy atom. The highest BCUT2D eigenvalue weighted by Crippen LogP contribution is 2.20. The number of hydrogen-bond acceptors (Lipinski definition) is 4. The fourth-order valence-corrected chi connectivity index (χ4v) is 1.48. The number of hydrogen-bond donors (Lipinski definition) is 2. The van der Waals surface area contributed by atoms with Crippen LogP contribution in [-0.4, -0.2) is 34.6 Å². The number of aliphatic hydroxyl groups is 1. The third-order valence-corrected chi connectivity index (χ3v) is 2.38. The third kappa shape index (κ3) is 2.70. The maximum absolute atomic E-state index is 8.90. The van der Waals surface area contributed by atoms with Gasteiger partial charge < -0.3 is 15.2 Å². The van der Waals surface area contributed by atoms with Crippen molar-refractivity contribution in [3.63, 3.8) is 0 Å².